The van der Waals surface area contributed by atoms with Gasteiger partial charge < -0.3 is 15.2 Å². The molecule has 0 saturated carbocycles. The number of H-pyrrole nitrogens is 1. The first-order valence-electron chi connectivity index (χ1n) is 5.72. The van der Waals surface area contributed by atoms with Gasteiger partial charge in [-0.3, -0.25) is 4.79 Å². The summed E-state index contributed by atoms with van der Waals surface area (Å²) in [5.74, 6) is -0.132. The van der Waals surface area contributed by atoms with Gasteiger partial charge in [-0.15, -0.1) is 10.2 Å². The summed E-state index contributed by atoms with van der Waals surface area (Å²) in [5.41, 5.74) is 1.22. The van der Waals surface area contributed by atoms with Gasteiger partial charge in [0.2, 0.25) is 5.13 Å². The number of amides is 1. The van der Waals surface area contributed by atoms with Crippen molar-refractivity contribution in [2.45, 2.75) is 13.0 Å². The van der Waals surface area contributed by atoms with Crippen LogP contribution in [-0.4, -0.2) is 40.1 Å². The van der Waals surface area contributed by atoms with Crippen LogP contribution in [0.2, 0.25) is 0 Å². The van der Waals surface area contributed by atoms with E-state index >= 15 is 0 Å². The zero-order chi connectivity index (χ0) is 14.7. The van der Waals surface area contributed by atoms with Crippen LogP contribution in [0.1, 0.15) is 27.6 Å². The van der Waals surface area contributed by atoms with Crippen molar-refractivity contribution in [3.05, 3.63) is 28.5 Å². The molecule has 0 radical (unpaired) electrons. The zero-order valence-corrected chi connectivity index (χ0v) is 11.7. The third-order valence-corrected chi connectivity index (χ3v) is 3.33. The molecule has 0 bridgehead atoms. The fourth-order valence-electron chi connectivity index (χ4n) is 1.47. The molecule has 2 heterocycles. The van der Waals surface area contributed by atoms with Crippen LogP contribution in [0.3, 0.4) is 0 Å². The molecule has 9 heteroatoms. The van der Waals surface area contributed by atoms with Crippen molar-refractivity contribution in [3.63, 3.8) is 0 Å². The van der Waals surface area contributed by atoms with Crippen LogP contribution in [0.5, 0.6) is 0 Å². The summed E-state index contributed by atoms with van der Waals surface area (Å²) in [6.07, 6.45) is -2.61. The quantitative estimate of drug-likeness (QED) is 0.887. The van der Waals surface area contributed by atoms with Gasteiger partial charge in [0.1, 0.15) is 5.69 Å². The normalized spacial score (nSPS) is 10.8. The van der Waals surface area contributed by atoms with Gasteiger partial charge >= 0.3 is 0 Å². The Morgan fingerprint density at radius 2 is 2.20 bits per heavy atom. The van der Waals surface area contributed by atoms with Gasteiger partial charge in [0.15, 0.2) is 5.01 Å². The van der Waals surface area contributed by atoms with Gasteiger partial charge in [-0.05, 0) is 12.1 Å². The molecule has 20 heavy (non-hydrogen) atoms. The number of aromatic nitrogens is 3. The molecule has 0 aliphatic rings. The molecule has 2 rings (SSSR count). The molecular formula is C11H13F2N5OS. The summed E-state index contributed by atoms with van der Waals surface area (Å²) in [4.78, 5) is 16.1. The highest BCUT2D eigenvalue weighted by Gasteiger charge is 2.14. The minimum Gasteiger partial charge on any atom is -0.355 e. The van der Waals surface area contributed by atoms with Crippen LogP contribution in [0.25, 0.3) is 0 Å². The maximum Gasteiger partial charge on any atom is 0.291 e. The van der Waals surface area contributed by atoms with Crippen LogP contribution in [-0.2, 0) is 6.54 Å². The molecule has 2 aromatic heterocycles. The summed E-state index contributed by atoms with van der Waals surface area (Å²) >= 11 is 0.806. The topological polar surface area (TPSA) is 73.9 Å². The Bertz CT molecular complexity index is 595. The molecule has 6 nitrogen and oxygen atoms in total. The Hall–Kier alpha value is -2.03. The zero-order valence-electron chi connectivity index (χ0n) is 10.9. The predicted octanol–water partition coefficient (Wildman–Crippen LogP) is 2.12. The average Bonchev–Trinajstić information content (AvgIpc) is 3.04. The molecule has 0 aromatic carbocycles. The van der Waals surface area contributed by atoms with Gasteiger partial charge in [0.05, 0.1) is 6.54 Å². The van der Waals surface area contributed by atoms with E-state index in [1.807, 2.05) is 0 Å². The van der Waals surface area contributed by atoms with Crippen LogP contribution < -0.4 is 5.32 Å². The first kappa shape index (κ1) is 14.4. The van der Waals surface area contributed by atoms with E-state index in [1.54, 1.807) is 26.2 Å². The third-order valence-electron chi connectivity index (χ3n) is 2.44. The minimum atomic E-state index is -2.61. The SMILES string of the molecule is CN(C)C(=O)c1ccc(CNc2nnc(C(F)F)s2)[nH]1. The predicted molar refractivity (Wildman–Crippen MR) is 71.0 cm³/mol. The van der Waals surface area contributed by atoms with E-state index in [0.29, 0.717) is 17.4 Å². The Morgan fingerprint density at radius 1 is 1.45 bits per heavy atom. The van der Waals surface area contributed by atoms with Gasteiger partial charge in [-0.25, -0.2) is 8.78 Å². The number of halogens is 2. The molecule has 2 aromatic rings. The monoisotopic (exact) mass is 301 g/mol. The molecular weight excluding hydrogens is 288 g/mol. The summed E-state index contributed by atoms with van der Waals surface area (Å²) in [6, 6.07) is 3.42. The van der Waals surface area contributed by atoms with E-state index in [2.05, 4.69) is 20.5 Å². The fourth-order valence-corrected chi connectivity index (χ4v) is 2.07. The molecule has 0 atom stereocenters. The van der Waals surface area contributed by atoms with Crippen LogP contribution in [0, 0.1) is 0 Å². The fraction of sp³-hybridized carbons (Fsp3) is 0.364. The van der Waals surface area contributed by atoms with Crippen LogP contribution >= 0.6 is 11.3 Å². The highest BCUT2D eigenvalue weighted by atomic mass is 32.1. The number of anilines is 1. The molecule has 0 saturated heterocycles. The molecule has 0 spiro atoms. The highest BCUT2D eigenvalue weighted by Crippen LogP contribution is 2.25. The van der Waals surface area contributed by atoms with Crippen molar-refractivity contribution < 1.29 is 13.6 Å². The smallest absolute Gasteiger partial charge is 0.291 e. The van der Waals surface area contributed by atoms with Gasteiger partial charge in [-0.2, -0.15) is 0 Å². The summed E-state index contributed by atoms with van der Waals surface area (Å²) in [6.45, 7) is 0.346. The van der Waals surface area contributed by atoms with Crippen molar-refractivity contribution >= 4 is 22.4 Å². The molecule has 1 amide bonds. The van der Waals surface area contributed by atoms with E-state index in [0.717, 1.165) is 17.0 Å². The number of carbonyl (C=O) groups is 1. The number of hydrogen-bond acceptors (Lipinski definition) is 5. The Labute approximate surface area is 117 Å². The lowest BCUT2D eigenvalue weighted by molar-refractivity contribution is 0.0822. The average molecular weight is 301 g/mol. The Kier molecular flexibility index (Phi) is 4.28. The molecule has 108 valence electrons. The van der Waals surface area contributed by atoms with Gasteiger partial charge in [0.25, 0.3) is 12.3 Å². The second-order valence-corrected chi connectivity index (χ2v) is 5.21. The summed E-state index contributed by atoms with van der Waals surface area (Å²) < 4.78 is 24.7. The number of nitrogens with zero attached hydrogens (tertiary/aromatic N) is 3. The molecule has 2 N–H and O–H groups in total. The van der Waals surface area contributed by atoms with Crippen molar-refractivity contribution in [3.8, 4) is 0 Å². The standard InChI is InChI=1S/C11H13F2N5OS/c1-18(2)10(19)7-4-3-6(15-7)5-14-11-17-16-9(20-11)8(12)13/h3-4,8,15H,5H2,1-2H3,(H,14,17). The lowest BCUT2D eigenvalue weighted by atomic mass is 10.4. The lowest BCUT2D eigenvalue weighted by Gasteiger charge is -2.07. The summed E-state index contributed by atoms with van der Waals surface area (Å²) in [7, 11) is 3.32. The second kappa shape index (κ2) is 5.95. The number of hydrogen-bond donors (Lipinski definition) is 2. The number of carbonyl (C=O) groups excluding carboxylic acids is 1. The lowest BCUT2D eigenvalue weighted by Crippen LogP contribution is -2.22. The molecule has 0 fully saturated rings. The van der Waals surface area contributed by atoms with Crippen molar-refractivity contribution in [2.75, 3.05) is 19.4 Å². The highest BCUT2D eigenvalue weighted by molar-refractivity contribution is 7.15. The number of alkyl halides is 2. The second-order valence-electron chi connectivity index (χ2n) is 4.20. The van der Waals surface area contributed by atoms with Gasteiger partial charge in [0, 0.05) is 19.8 Å². The van der Waals surface area contributed by atoms with Gasteiger partial charge in [-0.1, -0.05) is 11.3 Å². The first-order chi connectivity index (χ1) is 9.47. The Balaban J connectivity index is 1.95. The molecule has 0 aliphatic heterocycles. The maximum atomic E-state index is 12.3. The molecule has 0 unspecified atom stereocenters. The third kappa shape index (κ3) is 3.29. The van der Waals surface area contributed by atoms with Crippen molar-refractivity contribution in [2.24, 2.45) is 0 Å². The number of rotatable bonds is 5. The maximum absolute atomic E-state index is 12.3. The summed E-state index contributed by atoms with van der Waals surface area (Å²) in [5, 5.41) is 9.85. The largest absolute Gasteiger partial charge is 0.355 e. The van der Waals surface area contributed by atoms with E-state index < -0.39 is 6.43 Å². The van der Waals surface area contributed by atoms with Crippen LogP contribution in [0.4, 0.5) is 13.9 Å². The van der Waals surface area contributed by atoms with Crippen molar-refractivity contribution in [1.29, 1.82) is 0 Å². The van der Waals surface area contributed by atoms with Crippen molar-refractivity contribution in [1.82, 2.24) is 20.1 Å². The molecule has 0 aliphatic carbocycles. The number of aromatic amines is 1. The van der Waals surface area contributed by atoms with E-state index in [9.17, 15) is 13.6 Å². The first-order valence-corrected chi connectivity index (χ1v) is 6.54. The Morgan fingerprint density at radius 3 is 2.80 bits per heavy atom. The minimum absolute atomic E-state index is 0.132. The van der Waals surface area contributed by atoms with E-state index in [4.69, 9.17) is 0 Å². The van der Waals surface area contributed by atoms with Crippen LogP contribution in [0.15, 0.2) is 12.1 Å². The van der Waals surface area contributed by atoms with E-state index in [1.165, 1.54) is 4.90 Å². The van der Waals surface area contributed by atoms with E-state index in [-0.39, 0.29) is 10.9 Å². The number of nitrogens with one attached hydrogen (secondary N) is 2.